The van der Waals surface area contributed by atoms with E-state index in [9.17, 15) is 4.79 Å². The Morgan fingerprint density at radius 2 is 2.03 bits per heavy atom. The maximum absolute atomic E-state index is 11.5. The molecule has 2 N–H and O–H groups in total. The first kappa shape index (κ1) is 20.4. The molecule has 0 aliphatic rings. The number of hydrogen-bond acceptors (Lipinski definition) is 6. The zero-order valence-electron chi connectivity index (χ0n) is 16.1. The quantitative estimate of drug-likeness (QED) is 0.428. The van der Waals surface area contributed by atoms with Crippen LogP contribution in [0.25, 0.3) is 0 Å². The molecule has 0 spiro atoms. The Kier molecular flexibility index (Phi) is 6.86. The van der Waals surface area contributed by atoms with Crippen LogP contribution in [-0.4, -0.2) is 22.8 Å². The molecule has 2 aromatic carbocycles. The molecule has 0 amide bonds. The molecule has 150 valence electrons. The van der Waals surface area contributed by atoms with Crippen LogP contribution in [0.15, 0.2) is 58.4 Å². The number of nitrogens with one attached hydrogen (secondary N) is 2. The summed E-state index contributed by atoms with van der Waals surface area (Å²) in [7, 11) is 0. The van der Waals surface area contributed by atoms with Gasteiger partial charge in [0.2, 0.25) is 5.95 Å². The minimum absolute atomic E-state index is 0.241. The molecule has 0 aliphatic heterocycles. The van der Waals surface area contributed by atoms with Gasteiger partial charge in [0.1, 0.15) is 6.61 Å². The highest BCUT2D eigenvalue weighted by atomic mass is 35.5. The molecule has 0 fully saturated rings. The lowest BCUT2D eigenvalue weighted by Crippen LogP contribution is -2.10. The van der Waals surface area contributed by atoms with Crippen molar-refractivity contribution >= 4 is 23.8 Å². The van der Waals surface area contributed by atoms with Gasteiger partial charge in [0.05, 0.1) is 12.8 Å². The van der Waals surface area contributed by atoms with Crippen LogP contribution in [0.3, 0.4) is 0 Å². The maximum Gasteiger partial charge on any atom is 0.252 e. The van der Waals surface area contributed by atoms with Gasteiger partial charge in [0, 0.05) is 16.8 Å². The van der Waals surface area contributed by atoms with Crippen molar-refractivity contribution in [2.45, 2.75) is 20.5 Å². The van der Waals surface area contributed by atoms with Crippen LogP contribution in [0.5, 0.6) is 11.5 Å². The first-order chi connectivity index (χ1) is 14.0. The van der Waals surface area contributed by atoms with Crippen molar-refractivity contribution in [1.82, 2.24) is 9.97 Å². The second-order valence-corrected chi connectivity index (χ2v) is 6.60. The maximum atomic E-state index is 11.5. The lowest BCUT2D eigenvalue weighted by atomic mass is 10.2. The summed E-state index contributed by atoms with van der Waals surface area (Å²) in [6.45, 7) is 4.52. The fraction of sp³-hybridized carbons (Fsp3) is 0.190. The van der Waals surface area contributed by atoms with Gasteiger partial charge < -0.3 is 9.47 Å². The highest BCUT2D eigenvalue weighted by Gasteiger charge is 2.07. The van der Waals surface area contributed by atoms with Crippen molar-refractivity contribution in [1.29, 1.82) is 0 Å². The van der Waals surface area contributed by atoms with Crippen LogP contribution >= 0.6 is 11.6 Å². The number of aromatic nitrogens is 2. The van der Waals surface area contributed by atoms with E-state index in [1.165, 1.54) is 6.07 Å². The van der Waals surface area contributed by atoms with Gasteiger partial charge in [-0.3, -0.25) is 9.78 Å². The summed E-state index contributed by atoms with van der Waals surface area (Å²) < 4.78 is 11.6. The van der Waals surface area contributed by atoms with Crippen molar-refractivity contribution in [2.24, 2.45) is 5.10 Å². The Labute approximate surface area is 173 Å². The van der Waals surface area contributed by atoms with Crippen molar-refractivity contribution in [3.63, 3.8) is 0 Å². The zero-order valence-corrected chi connectivity index (χ0v) is 16.9. The zero-order chi connectivity index (χ0) is 20.6. The van der Waals surface area contributed by atoms with E-state index in [1.54, 1.807) is 13.1 Å². The SMILES string of the molecule is CCOc1cc(/C=N/Nc2nc(C)cc(=O)[nH]2)ccc1OCc1cccc(Cl)c1. The molecule has 0 bridgehead atoms. The number of halogens is 1. The third kappa shape index (κ3) is 6.08. The largest absolute Gasteiger partial charge is 0.490 e. The van der Waals surface area contributed by atoms with Crippen LogP contribution in [-0.2, 0) is 6.61 Å². The van der Waals surface area contributed by atoms with Crippen LogP contribution in [0, 0.1) is 6.92 Å². The number of ether oxygens (including phenoxy) is 2. The van der Waals surface area contributed by atoms with Gasteiger partial charge in [-0.15, -0.1) is 0 Å². The number of anilines is 1. The average molecular weight is 413 g/mol. The molecule has 3 aromatic rings. The Morgan fingerprint density at radius 3 is 2.79 bits per heavy atom. The fourth-order valence-electron chi connectivity index (χ4n) is 2.58. The van der Waals surface area contributed by atoms with Crippen LogP contribution < -0.4 is 20.5 Å². The topological polar surface area (TPSA) is 88.6 Å². The molecule has 0 atom stereocenters. The molecular weight excluding hydrogens is 392 g/mol. The van der Waals surface area contributed by atoms with E-state index < -0.39 is 0 Å². The summed E-state index contributed by atoms with van der Waals surface area (Å²) in [5.41, 5.74) is 4.84. The van der Waals surface area contributed by atoms with Gasteiger partial charge >= 0.3 is 0 Å². The molecule has 0 unspecified atom stereocenters. The number of aromatic amines is 1. The normalized spacial score (nSPS) is 10.9. The number of benzene rings is 2. The number of hydrogen-bond donors (Lipinski definition) is 2. The van der Waals surface area contributed by atoms with Gasteiger partial charge in [-0.2, -0.15) is 5.10 Å². The average Bonchev–Trinajstić information content (AvgIpc) is 2.67. The molecule has 0 saturated heterocycles. The first-order valence-electron chi connectivity index (χ1n) is 9.04. The molecule has 0 saturated carbocycles. The number of nitrogens with zero attached hydrogens (tertiary/aromatic N) is 2. The van der Waals surface area contributed by atoms with E-state index in [4.69, 9.17) is 21.1 Å². The van der Waals surface area contributed by atoms with E-state index in [1.807, 2.05) is 49.4 Å². The molecular formula is C21H21ClN4O3. The van der Waals surface area contributed by atoms with Gasteiger partial charge in [0.15, 0.2) is 11.5 Å². The molecule has 0 radical (unpaired) electrons. The Morgan fingerprint density at radius 1 is 1.17 bits per heavy atom. The summed E-state index contributed by atoms with van der Waals surface area (Å²) in [6, 6.07) is 14.4. The minimum Gasteiger partial charge on any atom is -0.490 e. The molecule has 29 heavy (non-hydrogen) atoms. The predicted molar refractivity (Wildman–Crippen MR) is 114 cm³/mol. The third-order valence-electron chi connectivity index (χ3n) is 3.80. The van der Waals surface area contributed by atoms with E-state index in [0.717, 1.165) is 11.1 Å². The molecule has 8 heteroatoms. The second-order valence-electron chi connectivity index (χ2n) is 6.16. The van der Waals surface area contributed by atoms with E-state index >= 15 is 0 Å². The molecule has 1 heterocycles. The summed E-state index contributed by atoms with van der Waals surface area (Å²) in [6.07, 6.45) is 1.60. The fourth-order valence-corrected chi connectivity index (χ4v) is 2.79. The van der Waals surface area contributed by atoms with Gasteiger partial charge in [-0.25, -0.2) is 10.4 Å². The Bertz CT molecular complexity index is 1070. The van der Waals surface area contributed by atoms with E-state index in [0.29, 0.717) is 35.4 Å². The second kappa shape index (κ2) is 9.75. The molecule has 7 nitrogen and oxygen atoms in total. The number of rotatable bonds is 8. The van der Waals surface area contributed by atoms with Gasteiger partial charge in [-0.05, 0) is 55.3 Å². The predicted octanol–water partition coefficient (Wildman–Crippen LogP) is 4.16. The minimum atomic E-state index is -0.241. The molecule has 3 rings (SSSR count). The molecule has 0 aliphatic carbocycles. The van der Waals surface area contributed by atoms with Crippen molar-refractivity contribution < 1.29 is 9.47 Å². The Hall–Kier alpha value is -3.32. The lowest BCUT2D eigenvalue weighted by Gasteiger charge is -2.12. The number of aryl methyl sites for hydroxylation is 1. The highest BCUT2D eigenvalue weighted by Crippen LogP contribution is 2.29. The summed E-state index contributed by atoms with van der Waals surface area (Å²) in [5.74, 6) is 1.51. The van der Waals surface area contributed by atoms with E-state index in [-0.39, 0.29) is 11.5 Å². The standard InChI is InChI=1S/C21H21ClN4O3/c1-3-28-19-11-15(12-23-26-21-24-14(2)9-20(27)25-21)7-8-18(19)29-13-16-5-4-6-17(22)10-16/h4-12H,3,13H2,1-2H3,(H2,24,25,26,27)/b23-12+. The summed E-state index contributed by atoms with van der Waals surface area (Å²) in [4.78, 5) is 18.2. The molecule has 1 aromatic heterocycles. The highest BCUT2D eigenvalue weighted by molar-refractivity contribution is 6.30. The monoisotopic (exact) mass is 412 g/mol. The van der Waals surface area contributed by atoms with Crippen LogP contribution in [0.2, 0.25) is 5.02 Å². The van der Waals surface area contributed by atoms with Crippen LogP contribution in [0.1, 0.15) is 23.7 Å². The van der Waals surface area contributed by atoms with E-state index in [2.05, 4.69) is 20.5 Å². The smallest absolute Gasteiger partial charge is 0.252 e. The third-order valence-corrected chi connectivity index (χ3v) is 4.04. The van der Waals surface area contributed by atoms with Crippen molar-refractivity contribution in [2.75, 3.05) is 12.0 Å². The number of H-pyrrole nitrogens is 1. The van der Waals surface area contributed by atoms with Crippen molar-refractivity contribution in [3.05, 3.63) is 80.7 Å². The number of hydrazone groups is 1. The Balaban J connectivity index is 1.70. The van der Waals surface area contributed by atoms with Gasteiger partial charge in [-0.1, -0.05) is 23.7 Å². The summed E-state index contributed by atoms with van der Waals surface area (Å²) >= 11 is 6.01. The van der Waals surface area contributed by atoms with Crippen molar-refractivity contribution in [3.8, 4) is 11.5 Å². The van der Waals surface area contributed by atoms with Gasteiger partial charge in [0.25, 0.3) is 5.56 Å². The van der Waals surface area contributed by atoms with Crippen LogP contribution in [0.4, 0.5) is 5.95 Å². The summed E-state index contributed by atoms with van der Waals surface area (Å²) in [5, 5.41) is 4.78. The first-order valence-corrected chi connectivity index (χ1v) is 9.42. The lowest BCUT2D eigenvalue weighted by molar-refractivity contribution is 0.269.